The summed E-state index contributed by atoms with van der Waals surface area (Å²) in [5.74, 6) is -1.94. The Balaban J connectivity index is 0.000000465. The van der Waals surface area contributed by atoms with E-state index in [1.807, 2.05) is 0 Å². The number of amides is 1. The second-order valence-electron chi connectivity index (χ2n) is 5.55. The maximum absolute atomic E-state index is 13.2. The number of hydrogen-bond donors (Lipinski definition) is 2. The second-order valence-corrected chi connectivity index (χ2v) is 5.55. The third kappa shape index (κ3) is 6.16. The summed E-state index contributed by atoms with van der Waals surface area (Å²) in [6.45, 7) is 3.21. The molecule has 3 rings (SSSR count). The van der Waals surface area contributed by atoms with E-state index in [1.165, 1.54) is 6.07 Å². The Morgan fingerprint density at radius 3 is 2.41 bits per heavy atom. The van der Waals surface area contributed by atoms with E-state index >= 15 is 0 Å². The van der Waals surface area contributed by atoms with Crippen LogP contribution in [0.2, 0.25) is 0 Å². The molecule has 1 atom stereocenters. The van der Waals surface area contributed by atoms with Gasteiger partial charge in [0.05, 0.1) is 0 Å². The minimum absolute atomic E-state index is 0.0428. The highest BCUT2D eigenvalue weighted by atomic mass is 19.4. The third-order valence-electron chi connectivity index (χ3n) is 3.47. The molecule has 1 aliphatic heterocycles. The Bertz CT molecular complexity index is 786. The van der Waals surface area contributed by atoms with Crippen LogP contribution in [0.1, 0.15) is 13.3 Å². The van der Waals surface area contributed by atoms with Gasteiger partial charge >= 0.3 is 12.4 Å². The zero-order valence-corrected chi connectivity index (χ0v) is 13.9. The number of rotatable bonds is 4. The lowest BCUT2D eigenvalue weighted by Crippen LogP contribution is -2.48. The van der Waals surface area contributed by atoms with Crippen molar-refractivity contribution in [2.45, 2.75) is 25.7 Å². The molecule has 1 amide bonds. The third-order valence-corrected chi connectivity index (χ3v) is 3.47. The van der Waals surface area contributed by atoms with Gasteiger partial charge in [0, 0.05) is 18.7 Å². The molecule has 2 heterocycles. The van der Waals surface area contributed by atoms with E-state index in [2.05, 4.69) is 15.5 Å². The number of aromatic nitrogens is 2. The first-order valence-electron chi connectivity index (χ1n) is 7.68. The molecule has 0 saturated carbocycles. The van der Waals surface area contributed by atoms with Crippen molar-refractivity contribution in [3.63, 3.8) is 0 Å². The first-order valence-corrected chi connectivity index (χ1v) is 7.68. The molecule has 2 N–H and O–H groups in total. The summed E-state index contributed by atoms with van der Waals surface area (Å²) in [6, 6.07) is 2.85. The van der Waals surface area contributed by atoms with Crippen LogP contribution in [0.5, 0.6) is 0 Å². The monoisotopic (exact) mass is 394 g/mol. The van der Waals surface area contributed by atoms with Gasteiger partial charge in [-0.3, -0.25) is 4.79 Å². The number of anilines is 1. The number of carbonyl (C=O) groups excluding carboxylic acids is 1. The van der Waals surface area contributed by atoms with Gasteiger partial charge in [0.15, 0.2) is 11.6 Å². The standard InChI is InChI=1S/C14H14F2N4O2.CHF3O/c1-8(13(21)20-5-2-6-20)17-14-19-18-12(22-14)9-3-4-10(15)11(16)7-9;2-1(3,4)5/h3-4,7-8H,2,5-6H2,1H3,(H,17,19);5H/t8-;/m1./s1. The van der Waals surface area contributed by atoms with Gasteiger partial charge in [-0.15, -0.1) is 18.3 Å². The van der Waals surface area contributed by atoms with Crippen molar-refractivity contribution >= 4 is 11.9 Å². The van der Waals surface area contributed by atoms with Crippen molar-refractivity contribution in [3.05, 3.63) is 29.8 Å². The van der Waals surface area contributed by atoms with Crippen LogP contribution in [0.3, 0.4) is 0 Å². The normalized spacial score (nSPS) is 14.7. The molecule has 2 aromatic rings. The van der Waals surface area contributed by atoms with E-state index in [9.17, 15) is 26.7 Å². The van der Waals surface area contributed by atoms with E-state index in [0.717, 1.165) is 31.6 Å². The predicted octanol–water partition coefficient (Wildman–Crippen LogP) is 2.55. The van der Waals surface area contributed by atoms with E-state index < -0.39 is 24.0 Å². The zero-order valence-electron chi connectivity index (χ0n) is 13.9. The van der Waals surface area contributed by atoms with Crippen molar-refractivity contribution < 1.29 is 36.3 Å². The van der Waals surface area contributed by atoms with Gasteiger partial charge in [-0.1, -0.05) is 5.10 Å². The van der Waals surface area contributed by atoms with Gasteiger partial charge in [-0.2, -0.15) is 0 Å². The van der Waals surface area contributed by atoms with Crippen molar-refractivity contribution in [1.29, 1.82) is 0 Å². The lowest BCUT2D eigenvalue weighted by atomic mass is 10.2. The molecule has 1 aromatic heterocycles. The first kappa shape index (κ1) is 20.6. The highest BCUT2D eigenvalue weighted by molar-refractivity contribution is 5.84. The second kappa shape index (κ2) is 8.29. The Morgan fingerprint density at radius 1 is 1.26 bits per heavy atom. The summed E-state index contributed by atoms with van der Waals surface area (Å²) in [6.07, 6.45) is -3.99. The average molecular weight is 394 g/mol. The minimum atomic E-state index is -5.00. The molecule has 7 nitrogen and oxygen atoms in total. The van der Waals surface area contributed by atoms with E-state index in [4.69, 9.17) is 9.52 Å². The summed E-state index contributed by atoms with van der Waals surface area (Å²) >= 11 is 0. The largest absolute Gasteiger partial charge is 0.519 e. The zero-order chi connectivity index (χ0) is 20.2. The van der Waals surface area contributed by atoms with Gasteiger partial charge in [-0.05, 0) is 31.5 Å². The molecule has 27 heavy (non-hydrogen) atoms. The number of benzene rings is 1. The lowest BCUT2D eigenvalue weighted by Gasteiger charge is -2.33. The van der Waals surface area contributed by atoms with Gasteiger partial charge in [0.1, 0.15) is 6.04 Å². The maximum atomic E-state index is 13.2. The van der Waals surface area contributed by atoms with Gasteiger partial charge in [0.2, 0.25) is 11.8 Å². The number of nitrogens with zero attached hydrogens (tertiary/aromatic N) is 3. The highest BCUT2D eigenvalue weighted by Crippen LogP contribution is 2.22. The van der Waals surface area contributed by atoms with Crippen LogP contribution < -0.4 is 5.32 Å². The molecule has 12 heteroatoms. The van der Waals surface area contributed by atoms with E-state index in [-0.39, 0.29) is 23.4 Å². The minimum Gasteiger partial charge on any atom is -0.403 e. The molecule has 0 spiro atoms. The van der Waals surface area contributed by atoms with E-state index in [1.54, 1.807) is 11.8 Å². The molecule has 1 fully saturated rings. The number of carbonyl (C=O) groups is 1. The van der Waals surface area contributed by atoms with Crippen molar-refractivity contribution in [2.75, 3.05) is 18.4 Å². The summed E-state index contributed by atoms with van der Waals surface area (Å²) in [4.78, 5) is 13.7. The maximum Gasteiger partial charge on any atom is 0.519 e. The van der Waals surface area contributed by atoms with Gasteiger partial charge < -0.3 is 19.7 Å². The molecule has 0 radical (unpaired) electrons. The quantitative estimate of drug-likeness (QED) is 0.775. The van der Waals surface area contributed by atoms with Crippen molar-refractivity contribution in [3.8, 4) is 11.5 Å². The fraction of sp³-hybridized carbons (Fsp3) is 0.400. The first-order chi connectivity index (χ1) is 12.5. The summed E-state index contributed by atoms with van der Waals surface area (Å²) in [5.41, 5.74) is 0.265. The number of halogens is 5. The topological polar surface area (TPSA) is 91.5 Å². The Kier molecular flexibility index (Phi) is 6.31. The Labute approximate surface area is 149 Å². The van der Waals surface area contributed by atoms with Crippen LogP contribution in [-0.2, 0) is 4.79 Å². The van der Waals surface area contributed by atoms with Crippen LogP contribution in [0.4, 0.5) is 28.0 Å². The van der Waals surface area contributed by atoms with Crippen LogP contribution >= 0.6 is 0 Å². The van der Waals surface area contributed by atoms with E-state index in [0.29, 0.717) is 0 Å². The number of hydrogen-bond acceptors (Lipinski definition) is 6. The molecule has 1 aliphatic rings. The van der Waals surface area contributed by atoms with Crippen molar-refractivity contribution in [1.82, 2.24) is 15.1 Å². The van der Waals surface area contributed by atoms with Crippen LogP contribution in [0, 0.1) is 11.6 Å². The Hall–Kier alpha value is -2.76. The van der Waals surface area contributed by atoms with Gasteiger partial charge in [0.25, 0.3) is 0 Å². The summed E-state index contributed by atoms with van der Waals surface area (Å²) < 4.78 is 61.1. The number of alkyl halides is 3. The lowest BCUT2D eigenvalue weighted by molar-refractivity contribution is -0.295. The number of nitrogens with one attached hydrogen (secondary N) is 1. The molecule has 0 unspecified atom stereocenters. The SMILES string of the molecule is C[C@@H](Nc1nnc(-c2ccc(F)c(F)c2)o1)C(=O)N1CCC1.OC(F)(F)F. The molecular weight excluding hydrogens is 379 g/mol. The summed E-state index contributed by atoms with van der Waals surface area (Å²) in [5, 5.41) is 16.8. The highest BCUT2D eigenvalue weighted by Gasteiger charge is 2.26. The molecule has 148 valence electrons. The number of likely N-dealkylation sites (tertiary alicyclic amines) is 1. The summed E-state index contributed by atoms with van der Waals surface area (Å²) in [7, 11) is 0. The molecule has 0 bridgehead atoms. The van der Waals surface area contributed by atoms with Gasteiger partial charge in [-0.25, -0.2) is 8.78 Å². The molecular formula is C15H15F5N4O3. The van der Waals surface area contributed by atoms with Crippen LogP contribution in [0.15, 0.2) is 22.6 Å². The molecule has 1 saturated heterocycles. The average Bonchev–Trinajstić information content (AvgIpc) is 2.95. The molecule has 1 aromatic carbocycles. The fourth-order valence-electron chi connectivity index (χ4n) is 2.08. The van der Waals surface area contributed by atoms with Crippen LogP contribution in [-0.4, -0.2) is 51.6 Å². The van der Waals surface area contributed by atoms with Crippen molar-refractivity contribution in [2.24, 2.45) is 0 Å². The fourth-order valence-corrected chi connectivity index (χ4v) is 2.08. The molecule has 0 aliphatic carbocycles. The Morgan fingerprint density at radius 2 is 1.89 bits per heavy atom. The smallest absolute Gasteiger partial charge is 0.403 e. The van der Waals surface area contributed by atoms with Crippen LogP contribution in [0.25, 0.3) is 11.5 Å². The number of aliphatic hydroxyl groups is 1. The predicted molar refractivity (Wildman–Crippen MR) is 82.2 cm³/mol.